The summed E-state index contributed by atoms with van der Waals surface area (Å²) < 4.78 is 0. The summed E-state index contributed by atoms with van der Waals surface area (Å²) in [5, 5.41) is 29.4. The highest BCUT2D eigenvalue weighted by atomic mass is 16.3. The molecule has 1 aliphatic carbocycles. The second-order valence-corrected chi connectivity index (χ2v) is 5.91. The molecule has 1 unspecified atom stereocenters. The molecule has 0 spiro atoms. The van der Waals surface area contributed by atoms with Gasteiger partial charge in [0, 0.05) is 12.0 Å². The smallest absolute Gasteiger partial charge is 0.0515 e. The van der Waals surface area contributed by atoms with E-state index in [-0.39, 0.29) is 25.7 Å². The van der Waals surface area contributed by atoms with Crippen molar-refractivity contribution in [1.82, 2.24) is 0 Å². The molecule has 0 saturated heterocycles. The molecule has 3 N–H and O–H groups in total. The van der Waals surface area contributed by atoms with Crippen molar-refractivity contribution in [3.63, 3.8) is 0 Å². The molecule has 0 aromatic carbocycles. The van der Waals surface area contributed by atoms with Crippen molar-refractivity contribution in [2.24, 2.45) is 17.3 Å². The summed E-state index contributed by atoms with van der Waals surface area (Å²) in [5.74, 6) is 0.388. The number of aliphatic hydroxyl groups excluding tert-OH is 3. The van der Waals surface area contributed by atoms with Gasteiger partial charge in [-0.05, 0) is 31.1 Å². The van der Waals surface area contributed by atoms with Gasteiger partial charge in [0.15, 0.2) is 0 Å². The van der Waals surface area contributed by atoms with Crippen molar-refractivity contribution in [2.45, 2.75) is 58.3 Å². The molecule has 3 nitrogen and oxygen atoms in total. The van der Waals surface area contributed by atoms with Gasteiger partial charge in [-0.2, -0.15) is 0 Å². The van der Waals surface area contributed by atoms with Crippen LogP contribution in [-0.4, -0.2) is 35.1 Å². The van der Waals surface area contributed by atoms with E-state index in [0.717, 1.165) is 25.7 Å². The SMILES string of the molecule is CCCC(CO)C(CO)(CO)C1CCCCCC1. The second kappa shape index (κ2) is 8.13. The van der Waals surface area contributed by atoms with Gasteiger partial charge >= 0.3 is 0 Å². The van der Waals surface area contributed by atoms with Crippen LogP contribution in [0.1, 0.15) is 58.3 Å². The number of hydrogen-bond acceptors (Lipinski definition) is 3. The molecule has 0 bridgehead atoms. The van der Waals surface area contributed by atoms with Crippen LogP contribution in [0.5, 0.6) is 0 Å². The van der Waals surface area contributed by atoms with E-state index in [4.69, 9.17) is 0 Å². The van der Waals surface area contributed by atoms with Crippen LogP contribution >= 0.6 is 0 Å². The summed E-state index contributed by atoms with van der Waals surface area (Å²) in [5.41, 5.74) is -0.477. The van der Waals surface area contributed by atoms with Gasteiger partial charge in [-0.3, -0.25) is 0 Å². The molecule has 0 aromatic rings. The maximum atomic E-state index is 9.88. The van der Waals surface area contributed by atoms with Crippen molar-refractivity contribution in [1.29, 1.82) is 0 Å². The Morgan fingerprint density at radius 2 is 1.56 bits per heavy atom. The van der Waals surface area contributed by atoms with Gasteiger partial charge < -0.3 is 15.3 Å². The van der Waals surface area contributed by atoms with E-state index in [0.29, 0.717) is 5.92 Å². The first kappa shape index (κ1) is 15.9. The van der Waals surface area contributed by atoms with Crippen molar-refractivity contribution in [3.05, 3.63) is 0 Å². The zero-order chi connectivity index (χ0) is 13.4. The van der Waals surface area contributed by atoms with Gasteiger partial charge in [0.2, 0.25) is 0 Å². The zero-order valence-electron chi connectivity index (χ0n) is 11.8. The third kappa shape index (κ3) is 3.46. The lowest BCUT2D eigenvalue weighted by Crippen LogP contribution is -2.46. The number of hydrogen-bond donors (Lipinski definition) is 3. The van der Waals surface area contributed by atoms with Gasteiger partial charge in [-0.1, -0.05) is 39.0 Å². The van der Waals surface area contributed by atoms with E-state index in [1.54, 1.807) is 0 Å². The van der Waals surface area contributed by atoms with Crippen LogP contribution in [0.4, 0.5) is 0 Å². The fourth-order valence-electron chi connectivity index (χ4n) is 3.66. The van der Waals surface area contributed by atoms with Crippen LogP contribution in [0.25, 0.3) is 0 Å². The lowest BCUT2D eigenvalue weighted by atomic mass is 9.64. The fraction of sp³-hybridized carbons (Fsp3) is 1.00. The number of aliphatic hydroxyl groups is 3. The van der Waals surface area contributed by atoms with Crippen molar-refractivity contribution in [2.75, 3.05) is 19.8 Å². The fourth-order valence-corrected chi connectivity index (χ4v) is 3.66. The largest absolute Gasteiger partial charge is 0.396 e. The molecule has 0 heterocycles. The zero-order valence-corrected chi connectivity index (χ0v) is 11.8. The van der Waals surface area contributed by atoms with Crippen molar-refractivity contribution in [3.8, 4) is 0 Å². The van der Waals surface area contributed by atoms with Crippen LogP contribution in [0, 0.1) is 17.3 Å². The first-order chi connectivity index (χ1) is 8.75. The van der Waals surface area contributed by atoms with Gasteiger partial charge in [0.25, 0.3) is 0 Å². The van der Waals surface area contributed by atoms with Gasteiger partial charge in [-0.25, -0.2) is 0 Å². The average Bonchev–Trinajstić information content (AvgIpc) is 2.69. The van der Waals surface area contributed by atoms with Gasteiger partial charge in [0.05, 0.1) is 13.2 Å². The molecule has 1 aliphatic rings. The molecule has 0 amide bonds. The summed E-state index contributed by atoms with van der Waals surface area (Å²) in [6.45, 7) is 2.17. The minimum atomic E-state index is -0.477. The summed E-state index contributed by atoms with van der Waals surface area (Å²) in [6.07, 6.45) is 8.95. The molecule has 3 heteroatoms. The number of rotatable bonds is 7. The van der Waals surface area contributed by atoms with Gasteiger partial charge in [-0.15, -0.1) is 0 Å². The Kier molecular flexibility index (Phi) is 7.20. The average molecular weight is 258 g/mol. The Morgan fingerprint density at radius 3 is 1.94 bits per heavy atom. The lowest BCUT2D eigenvalue weighted by Gasteiger charge is -2.43. The van der Waals surface area contributed by atoms with Crippen molar-refractivity contribution < 1.29 is 15.3 Å². The normalized spacial score (nSPS) is 20.7. The van der Waals surface area contributed by atoms with Crippen LogP contribution in [0.3, 0.4) is 0 Å². The minimum Gasteiger partial charge on any atom is -0.396 e. The molecule has 108 valence electrons. The van der Waals surface area contributed by atoms with E-state index in [2.05, 4.69) is 6.92 Å². The monoisotopic (exact) mass is 258 g/mol. The quantitative estimate of drug-likeness (QED) is 0.614. The maximum Gasteiger partial charge on any atom is 0.0515 e. The third-order valence-corrected chi connectivity index (χ3v) is 4.93. The molecule has 18 heavy (non-hydrogen) atoms. The molecular weight excluding hydrogens is 228 g/mol. The second-order valence-electron chi connectivity index (χ2n) is 5.91. The Morgan fingerprint density at radius 1 is 1.00 bits per heavy atom. The Hall–Kier alpha value is -0.120. The first-order valence-corrected chi connectivity index (χ1v) is 7.57. The predicted molar refractivity (Wildman–Crippen MR) is 73.3 cm³/mol. The summed E-state index contributed by atoms with van der Waals surface area (Å²) in [4.78, 5) is 0. The highest BCUT2D eigenvalue weighted by molar-refractivity contribution is 4.92. The summed E-state index contributed by atoms with van der Waals surface area (Å²) in [6, 6.07) is 0. The summed E-state index contributed by atoms with van der Waals surface area (Å²) >= 11 is 0. The minimum absolute atomic E-state index is 0.000602. The van der Waals surface area contributed by atoms with E-state index in [1.807, 2.05) is 0 Å². The van der Waals surface area contributed by atoms with Crippen LogP contribution in [0.15, 0.2) is 0 Å². The molecule has 0 aliphatic heterocycles. The molecule has 1 rings (SSSR count). The molecule has 1 fully saturated rings. The van der Waals surface area contributed by atoms with E-state index in [1.165, 1.54) is 25.7 Å². The topological polar surface area (TPSA) is 60.7 Å². The van der Waals surface area contributed by atoms with E-state index >= 15 is 0 Å². The lowest BCUT2D eigenvalue weighted by molar-refractivity contribution is -0.0692. The highest BCUT2D eigenvalue weighted by Gasteiger charge is 2.43. The molecular formula is C15H30O3. The highest BCUT2D eigenvalue weighted by Crippen LogP contribution is 2.44. The summed E-state index contributed by atoms with van der Waals surface area (Å²) in [7, 11) is 0. The maximum absolute atomic E-state index is 9.88. The standard InChI is InChI=1S/C15H30O3/c1-2-7-14(10-16)15(11-17,12-18)13-8-5-3-4-6-9-13/h13-14,16-18H,2-12H2,1H3. The molecule has 1 atom stereocenters. The Balaban J connectivity index is 2.87. The van der Waals surface area contributed by atoms with Crippen LogP contribution in [0.2, 0.25) is 0 Å². The Bertz CT molecular complexity index is 206. The molecule has 1 saturated carbocycles. The Labute approximate surface area is 111 Å². The molecule has 0 radical (unpaired) electrons. The van der Waals surface area contributed by atoms with Crippen LogP contribution < -0.4 is 0 Å². The van der Waals surface area contributed by atoms with Crippen LogP contribution in [-0.2, 0) is 0 Å². The molecule has 0 aromatic heterocycles. The van der Waals surface area contributed by atoms with Gasteiger partial charge in [0.1, 0.15) is 0 Å². The van der Waals surface area contributed by atoms with E-state index in [9.17, 15) is 15.3 Å². The first-order valence-electron chi connectivity index (χ1n) is 7.57. The van der Waals surface area contributed by atoms with Crippen molar-refractivity contribution >= 4 is 0 Å². The predicted octanol–water partition coefficient (Wildman–Crippen LogP) is 2.34. The third-order valence-electron chi connectivity index (χ3n) is 4.93. The van der Waals surface area contributed by atoms with E-state index < -0.39 is 5.41 Å².